The maximum absolute atomic E-state index is 11.4. The first-order valence-electron chi connectivity index (χ1n) is 7.52. The quantitative estimate of drug-likeness (QED) is 0.756. The lowest BCUT2D eigenvalue weighted by atomic mass is 9.96. The summed E-state index contributed by atoms with van der Waals surface area (Å²) in [7, 11) is 0. The second-order valence-electron chi connectivity index (χ2n) is 5.55. The van der Waals surface area contributed by atoms with Crippen molar-refractivity contribution < 1.29 is 9.90 Å². The third kappa shape index (κ3) is 2.69. The van der Waals surface area contributed by atoms with Gasteiger partial charge in [0.15, 0.2) is 0 Å². The number of carboxylic acids is 1. The molecule has 0 fully saturated rings. The predicted octanol–water partition coefficient (Wildman–Crippen LogP) is 1.78. The Bertz CT molecular complexity index is 681. The van der Waals surface area contributed by atoms with Gasteiger partial charge in [-0.3, -0.25) is 9.36 Å². The van der Waals surface area contributed by atoms with Gasteiger partial charge in [0.2, 0.25) is 0 Å². The summed E-state index contributed by atoms with van der Waals surface area (Å²) in [5, 5.41) is 12.7. The van der Waals surface area contributed by atoms with Gasteiger partial charge in [-0.05, 0) is 31.5 Å². The van der Waals surface area contributed by atoms with Gasteiger partial charge in [0, 0.05) is 6.42 Å². The molecule has 0 aliphatic carbocycles. The van der Waals surface area contributed by atoms with Crippen molar-refractivity contribution in [3.63, 3.8) is 0 Å². The smallest absolute Gasteiger partial charge is 0.306 e. The van der Waals surface area contributed by atoms with Crippen molar-refractivity contribution in [1.82, 2.24) is 9.55 Å². The highest BCUT2D eigenvalue weighted by atomic mass is 16.4. The number of aromatic nitrogens is 2. The van der Waals surface area contributed by atoms with Crippen molar-refractivity contribution in [3.05, 3.63) is 42.0 Å². The Kier molecular flexibility index (Phi) is 4.11. The summed E-state index contributed by atoms with van der Waals surface area (Å²) in [6.45, 7) is 1.18. The van der Waals surface area contributed by atoms with E-state index in [1.165, 1.54) is 0 Å². The molecule has 3 rings (SSSR count). The molecule has 22 heavy (non-hydrogen) atoms. The average Bonchev–Trinajstić information content (AvgIpc) is 2.94. The van der Waals surface area contributed by atoms with E-state index >= 15 is 0 Å². The summed E-state index contributed by atoms with van der Waals surface area (Å²) >= 11 is 0. The molecule has 0 radical (unpaired) electrons. The average molecular weight is 300 g/mol. The highest BCUT2D eigenvalue weighted by Gasteiger charge is 2.24. The fourth-order valence-electron chi connectivity index (χ4n) is 2.90. The summed E-state index contributed by atoms with van der Waals surface area (Å²) in [5.74, 6) is -1.21. The molecule has 0 spiro atoms. The highest BCUT2D eigenvalue weighted by Crippen LogP contribution is 2.29. The van der Waals surface area contributed by atoms with Crippen molar-refractivity contribution in [1.29, 1.82) is 0 Å². The number of carbonyl (C=O) groups is 1. The number of carboxylic acid groups (broad SMARTS) is 1. The Balaban J connectivity index is 1.86. The van der Waals surface area contributed by atoms with Crippen LogP contribution >= 0.6 is 0 Å². The van der Waals surface area contributed by atoms with Crippen LogP contribution in [0.2, 0.25) is 0 Å². The van der Waals surface area contributed by atoms with Crippen molar-refractivity contribution in [2.75, 3.05) is 11.9 Å². The zero-order valence-corrected chi connectivity index (χ0v) is 12.3. The summed E-state index contributed by atoms with van der Waals surface area (Å²) in [5.41, 5.74) is 9.50. The molecule has 0 saturated carbocycles. The summed E-state index contributed by atoms with van der Waals surface area (Å²) in [6.07, 6.45) is 3.53. The number of aliphatic carboxylic acids is 1. The summed E-state index contributed by atoms with van der Waals surface area (Å²) < 4.78 is 2.04. The van der Waals surface area contributed by atoms with Gasteiger partial charge in [0.1, 0.15) is 0 Å². The molecule has 1 atom stereocenters. The predicted molar refractivity (Wildman–Crippen MR) is 84.0 cm³/mol. The van der Waals surface area contributed by atoms with Crippen LogP contribution in [0.1, 0.15) is 24.2 Å². The number of imidazole rings is 1. The van der Waals surface area contributed by atoms with Crippen LogP contribution in [0.15, 0.2) is 30.6 Å². The van der Waals surface area contributed by atoms with Crippen LogP contribution in [0.3, 0.4) is 0 Å². The lowest BCUT2D eigenvalue weighted by molar-refractivity contribution is -0.142. The van der Waals surface area contributed by atoms with Crippen molar-refractivity contribution in [2.24, 2.45) is 11.7 Å². The summed E-state index contributed by atoms with van der Waals surface area (Å²) in [4.78, 5) is 15.9. The Labute approximate surface area is 129 Å². The van der Waals surface area contributed by atoms with Crippen LogP contribution in [0.25, 0.3) is 5.69 Å². The molecule has 1 aromatic heterocycles. The molecule has 4 N–H and O–H groups in total. The lowest BCUT2D eigenvalue weighted by Crippen LogP contribution is -2.21. The van der Waals surface area contributed by atoms with E-state index in [4.69, 9.17) is 5.73 Å². The molecule has 6 nitrogen and oxygen atoms in total. The number of para-hydroxylation sites is 2. The molecule has 0 saturated heterocycles. The number of fused-ring (bicyclic) bond motifs is 3. The normalized spacial score (nSPS) is 13.9. The first-order chi connectivity index (χ1) is 10.7. The number of nitrogens with zero attached hydrogens (tertiary/aromatic N) is 2. The van der Waals surface area contributed by atoms with Crippen molar-refractivity contribution >= 4 is 11.7 Å². The molecule has 1 aliphatic rings. The second-order valence-corrected chi connectivity index (χ2v) is 5.55. The fraction of sp³-hybridized carbons (Fsp3) is 0.375. The van der Waals surface area contributed by atoms with E-state index in [2.05, 4.69) is 10.3 Å². The van der Waals surface area contributed by atoms with Crippen LogP contribution in [0, 0.1) is 5.92 Å². The SMILES string of the molecule is NCCCC(Cc1ncn2c1CNc1ccccc1-2)C(=O)O. The van der Waals surface area contributed by atoms with Crippen molar-refractivity contribution in [3.8, 4) is 5.69 Å². The number of anilines is 1. The minimum atomic E-state index is -0.778. The Hall–Kier alpha value is -2.34. The molecule has 1 unspecified atom stereocenters. The molecule has 6 heteroatoms. The van der Waals surface area contributed by atoms with E-state index in [1.807, 2.05) is 28.8 Å². The monoisotopic (exact) mass is 300 g/mol. The van der Waals surface area contributed by atoms with E-state index < -0.39 is 11.9 Å². The number of hydrogen-bond donors (Lipinski definition) is 3. The number of nitrogens with two attached hydrogens (primary N) is 1. The zero-order valence-electron chi connectivity index (χ0n) is 12.3. The number of benzene rings is 1. The van der Waals surface area contributed by atoms with Gasteiger partial charge >= 0.3 is 5.97 Å². The maximum atomic E-state index is 11.4. The Morgan fingerprint density at radius 3 is 3.05 bits per heavy atom. The van der Waals surface area contributed by atoms with Crippen LogP contribution in [0.4, 0.5) is 5.69 Å². The third-order valence-corrected chi connectivity index (χ3v) is 4.11. The Morgan fingerprint density at radius 2 is 2.27 bits per heavy atom. The van der Waals surface area contributed by atoms with Gasteiger partial charge in [0.25, 0.3) is 0 Å². The van der Waals surface area contributed by atoms with Gasteiger partial charge in [0.05, 0.1) is 41.6 Å². The standard InChI is InChI=1S/C16H20N4O2/c17-7-3-4-11(16(21)22)8-13-15-9-18-12-5-1-2-6-14(12)20(15)10-19-13/h1-2,5-6,10-11,18H,3-4,7-9,17H2,(H,21,22). The van der Waals surface area contributed by atoms with Crippen LogP contribution in [-0.2, 0) is 17.8 Å². The van der Waals surface area contributed by atoms with Crippen LogP contribution in [-0.4, -0.2) is 27.2 Å². The van der Waals surface area contributed by atoms with Gasteiger partial charge in [-0.25, -0.2) is 4.98 Å². The van der Waals surface area contributed by atoms with E-state index in [0.29, 0.717) is 32.4 Å². The van der Waals surface area contributed by atoms with Crippen LogP contribution < -0.4 is 11.1 Å². The van der Waals surface area contributed by atoms with Gasteiger partial charge in [-0.2, -0.15) is 0 Å². The largest absolute Gasteiger partial charge is 0.481 e. The van der Waals surface area contributed by atoms with Gasteiger partial charge in [-0.15, -0.1) is 0 Å². The van der Waals surface area contributed by atoms with Gasteiger partial charge < -0.3 is 16.2 Å². The molecule has 1 aliphatic heterocycles. The molecular weight excluding hydrogens is 280 g/mol. The first-order valence-corrected chi connectivity index (χ1v) is 7.52. The topological polar surface area (TPSA) is 93.2 Å². The number of hydrogen-bond acceptors (Lipinski definition) is 4. The summed E-state index contributed by atoms with van der Waals surface area (Å²) in [6, 6.07) is 8.03. The second kappa shape index (κ2) is 6.19. The fourth-order valence-corrected chi connectivity index (χ4v) is 2.90. The number of rotatable bonds is 6. The minimum Gasteiger partial charge on any atom is -0.481 e. The molecule has 2 aromatic rings. The molecule has 116 valence electrons. The lowest BCUT2D eigenvalue weighted by Gasteiger charge is -2.21. The first kappa shape index (κ1) is 14.6. The number of nitrogens with one attached hydrogen (secondary N) is 1. The van der Waals surface area contributed by atoms with E-state index in [9.17, 15) is 9.90 Å². The van der Waals surface area contributed by atoms with E-state index in [-0.39, 0.29) is 0 Å². The molecule has 2 heterocycles. The van der Waals surface area contributed by atoms with Crippen molar-refractivity contribution in [2.45, 2.75) is 25.8 Å². The minimum absolute atomic E-state index is 0.430. The van der Waals surface area contributed by atoms with E-state index in [1.54, 1.807) is 6.33 Å². The zero-order chi connectivity index (χ0) is 15.5. The maximum Gasteiger partial charge on any atom is 0.306 e. The van der Waals surface area contributed by atoms with E-state index in [0.717, 1.165) is 22.8 Å². The molecular formula is C16H20N4O2. The van der Waals surface area contributed by atoms with Gasteiger partial charge in [-0.1, -0.05) is 12.1 Å². The third-order valence-electron chi connectivity index (χ3n) is 4.11. The Morgan fingerprint density at radius 1 is 1.45 bits per heavy atom. The highest BCUT2D eigenvalue weighted by molar-refractivity contribution is 5.70. The molecule has 1 aromatic carbocycles. The van der Waals surface area contributed by atoms with Crippen LogP contribution in [0.5, 0.6) is 0 Å². The molecule has 0 amide bonds. The molecule has 0 bridgehead atoms.